The first-order chi connectivity index (χ1) is 21.0. The maximum atomic E-state index is 14.4. The van der Waals surface area contributed by atoms with Crippen LogP contribution in [0.2, 0.25) is 5.02 Å². The van der Waals surface area contributed by atoms with Gasteiger partial charge in [-0.2, -0.15) is 0 Å². The quantitative estimate of drug-likeness (QED) is 0.247. The van der Waals surface area contributed by atoms with Crippen LogP contribution < -0.4 is 14.4 Å². The molecule has 10 heteroatoms. The van der Waals surface area contributed by atoms with Crippen molar-refractivity contribution >= 4 is 39.1 Å². The van der Waals surface area contributed by atoms with Gasteiger partial charge in [0, 0.05) is 17.6 Å². The van der Waals surface area contributed by atoms with Crippen LogP contribution in [0.1, 0.15) is 62.1 Å². The lowest BCUT2D eigenvalue weighted by Crippen LogP contribution is -2.54. The Bertz CT molecular complexity index is 1540. The molecule has 0 heterocycles. The van der Waals surface area contributed by atoms with E-state index >= 15 is 0 Å². The molecule has 0 aromatic heterocycles. The number of rotatable bonds is 12. The van der Waals surface area contributed by atoms with Crippen LogP contribution in [0, 0.1) is 13.8 Å². The van der Waals surface area contributed by atoms with Crippen LogP contribution in [0.15, 0.2) is 71.6 Å². The Morgan fingerprint density at radius 2 is 1.57 bits per heavy atom. The Morgan fingerprint density at radius 1 is 0.955 bits per heavy atom. The smallest absolute Gasteiger partial charge is 0.264 e. The third-order valence-corrected chi connectivity index (χ3v) is 10.1. The third kappa shape index (κ3) is 8.12. The molecule has 236 valence electrons. The van der Waals surface area contributed by atoms with E-state index in [-0.39, 0.29) is 39.8 Å². The molecule has 0 saturated heterocycles. The van der Waals surface area contributed by atoms with Gasteiger partial charge in [0.15, 0.2) is 0 Å². The van der Waals surface area contributed by atoms with Gasteiger partial charge in [-0.1, -0.05) is 85.3 Å². The number of methoxy groups -OCH3 is 1. The van der Waals surface area contributed by atoms with E-state index in [9.17, 15) is 18.0 Å². The van der Waals surface area contributed by atoms with Crippen LogP contribution >= 0.6 is 11.6 Å². The standard InChI is InChI=1S/C34H42ClN3O5S/c1-5-30(34(40)36-28-9-7-6-8-10-28)37(22-26-15-11-24(2)12-16-26)33(39)23-38(31-21-27(35)17-20-32(31)43-4)44(41,42)29-18-13-25(3)14-19-29/h11-21,28,30H,5-10,22-23H2,1-4H3,(H,36,40)/t30-/m0/s1. The average Bonchev–Trinajstić information content (AvgIpc) is 3.01. The van der Waals surface area contributed by atoms with E-state index < -0.39 is 28.5 Å². The van der Waals surface area contributed by atoms with Gasteiger partial charge in [-0.05, 0) is 69.0 Å². The second-order valence-electron chi connectivity index (χ2n) is 11.4. The van der Waals surface area contributed by atoms with E-state index in [2.05, 4.69) is 5.32 Å². The summed E-state index contributed by atoms with van der Waals surface area (Å²) >= 11 is 6.34. The van der Waals surface area contributed by atoms with Crippen molar-refractivity contribution in [3.8, 4) is 5.75 Å². The van der Waals surface area contributed by atoms with Crippen LogP contribution in [0.5, 0.6) is 5.75 Å². The Morgan fingerprint density at radius 3 is 2.16 bits per heavy atom. The molecular weight excluding hydrogens is 598 g/mol. The Balaban J connectivity index is 1.75. The topological polar surface area (TPSA) is 96.0 Å². The summed E-state index contributed by atoms with van der Waals surface area (Å²) in [5, 5.41) is 3.45. The van der Waals surface area contributed by atoms with Gasteiger partial charge in [-0.15, -0.1) is 0 Å². The predicted octanol–water partition coefficient (Wildman–Crippen LogP) is 6.42. The second kappa shape index (κ2) is 14.9. The second-order valence-corrected chi connectivity index (χ2v) is 13.7. The summed E-state index contributed by atoms with van der Waals surface area (Å²) in [6, 6.07) is 18.1. The van der Waals surface area contributed by atoms with E-state index in [1.807, 2.05) is 45.0 Å². The zero-order valence-corrected chi connectivity index (χ0v) is 27.5. The molecule has 4 rings (SSSR count). The van der Waals surface area contributed by atoms with Crippen molar-refractivity contribution in [3.05, 3.63) is 88.4 Å². The number of carbonyl (C=O) groups is 2. The maximum Gasteiger partial charge on any atom is 0.264 e. The highest BCUT2D eigenvalue weighted by atomic mass is 35.5. The fourth-order valence-corrected chi connectivity index (χ4v) is 7.15. The molecule has 44 heavy (non-hydrogen) atoms. The molecule has 1 aliphatic carbocycles. The van der Waals surface area contributed by atoms with Crippen molar-refractivity contribution in [2.75, 3.05) is 18.0 Å². The summed E-state index contributed by atoms with van der Waals surface area (Å²) in [6.07, 6.45) is 5.44. The number of sulfonamides is 1. The van der Waals surface area contributed by atoms with Gasteiger partial charge in [0.25, 0.3) is 10.0 Å². The minimum atomic E-state index is -4.26. The van der Waals surface area contributed by atoms with Gasteiger partial charge in [-0.25, -0.2) is 8.42 Å². The fraction of sp³-hybridized carbons (Fsp3) is 0.412. The van der Waals surface area contributed by atoms with Gasteiger partial charge >= 0.3 is 0 Å². The van der Waals surface area contributed by atoms with Crippen LogP contribution in [-0.4, -0.2) is 50.9 Å². The first-order valence-electron chi connectivity index (χ1n) is 15.1. The SMILES string of the molecule is CC[C@@H](C(=O)NC1CCCCC1)N(Cc1ccc(C)cc1)C(=O)CN(c1cc(Cl)ccc1OC)S(=O)(=O)c1ccc(C)cc1. The van der Waals surface area contributed by atoms with Crippen molar-refractivity contribution in [3.63, 3.8) is 0 Å². The number of aryl methyl sites for hydroxylation is 2. The molecular formula is C34H42ClN3O5S. The first-order valence-corrected chi connectivity index (χ1v) is 16.9. The molecule has 3 aromatic rings. The number of hydrogen-bond donors (Lipinski definition) is 1. The predicted molar refractivity (Wildman–Crippen MR) is 175 cm³/mol. The molecule has 0 bridgehead atoms. The molecule has 1 N–H and O–H groups in total. The number of nitrogens with one attached hydrogen (secondary N) is 1. The number of halogens is 1. The van der Waals surface area contributed by atoms with E-state index in [4.69, 9.17) is 16.3 Å². The molecule has 1 aliphatic rings. The van der Waals surface area contributed by atoms with Crippen molar-refractivity contribution in [1.82, 2.24) is 10.2 Å². The minimum absolute atomic E-state index is 0.0186. The zero-order chi connectivity index (χ0) is 31.9. The summed E-state index contributed by atoms with van der Waals surface area (Å²) in [4.78, 5) is 29.6. The molecule has 3 aromatic carbocycles. The first kappa shape index (κ1) is 33.3. The highest BCUT2D eigenvalue weighted by Gasteiger charge is 2.35. The Labute approximate surface area is 266 Å². The van der Waals surface area contributed by atoms with E-state index in [1.54, 1.807) is 24.3 Å². The van der Waals surface area contributed by atoms with Gasteiger partial charge in [-0.3, -0.25) is 13.9 Å². The van der Waals surface area contributed by atoms with Crippen molar-refractivity contribution < 1.29 is 22.7 Å². The summed E-state index contributed by atoms with van der Waals surface area (Å²) in [6.45, 7) is 5.28. The summed E-state index contributed by atoms with van der Waals surface area (Å²) in [5.74, 6) is -0.507. The Hall–Kier alpha value is -3.56. The summed E-state index contributed by atoms with van der Waals surface area (Å²) in [7, 11) is -2.83. The van der Waals surface area contributed by atoms with Gasteiger partial charge < -0.3 is 15.0 Å². The molecule has 0 unspecified atom stereocenters. The van der Waals surface area contributed by atoms with Crippen LogP contribution in [-0.2, 0) is 26.2 Å². The molecule has 0 aliphatic heterocycles. The number of amides is 2. The summed E-state index contributed by atoms with van der Waals surface area (Å²) < 4.78 is 34.9. The van der Waals surface area contributed by atoms with E-state index in [0.717, 1.165) is 53.1 Å². The van der Waals surface area contributed by atoms with Crippen LogP contribution in [0.25, 0.3) is 0 Å². The fourth-order valence-electron chi connectivity index (χ4n) is 5.56. The molecule has 1 saturated carbocycles. The van der Waals surface area contributed by atoms with Crippen molar-refractivity contribution in [2.45, 2.75) is 82.8 Å². The molecule has 1 fully saturated rings. The molecule has 1 atom stereocenters. The van der Waals surface area contributed by atoms with Gasteiger partial charge in [0.2, 0.25) is 11.8 Å². The maximum absolute atomic E-state index is 14.4. The number of carbonyl (C=O) groups excluding carboxylic acids is 2. The van der Waals surface area contributed by atoms with Crippen molar-refractivity contribution in [2.24, 2.45) is 0 Å². The lowest BCUT2D eigenvalue weighted by atomic mass is 9.95. The molecule has 8 nitrogen and oxygen atoms in total. The molecule has 0 spiro atoms. The number of ether oxygens (including phenoxy) is 1. The monoisotopic (exact) mass is 639 g/mol. The van der Waals surface area contributed by atoms with E-state index in [0.29, 0.717) is 6.42 Å². The van der Waals surface area contributed by atoms with Crippen molar-refractivity contribution in [1.29, 1.82) is 0 Å². The Kier molecular flexibility index (Phi) is 11.3. The lowest BCUT2D eigenvalue weighted by molar-refractivity contribution is -0.140. The number of nitrogens with zero attached hydrogens (tertiary/aromatic N) is 2. The third-order valence-electron chi connectivity index (χ3n) is 8.11. The largest absolute Gasteiger partial charge is 0.495 e. The van der Waals surface area contributed by atoms with Crippen LogP contribution in [0.3, 0.4) is 0 Å². The average molecular weight is 640 g/mol. The van der Waals surface area contributed by atoms with Gasteiger partial charge in [0.05, 0.1) is 17.7 Å². The van der Waals surface area contributed by atoms with Crippen LogP contribution in [0.4, 0.5) is 5.69 Å². The number of anilines is 1. The zero-order valence-electron chi connectivity index (χ0n) is 25.9. The van der Waals surface area contributed by atoms with Gasteiger partial charge in [0.1, 0.15) is 18.3 Å². The number of hydrogen-bond acceptors (Lipinski definition) is 5. The molecule has 0 radical (unpaired) electrons. The summed E-state index contributed by atoms with van der Waals surface area (Å²) in [5.41, 5.74) is 2.92. The highest BCUT2D eigenvalue weighted by Crippen LogP contribution is 2.35. The number of benzene rings is 3. The highest BCUT2D eigenvalue weighted by molar-refractivity contribution is 7.92. The normalized spacial score (nSPS) is 14.5. The minimum Gasteiger partial charge on any atom is -0.495 e. The van der Waals surface area contributed by atoms with E-state index in [1.165, 1.54) is 30.2 Å². The molecule has 2 amide bonds. The lowest BCUT2D eigenvalue weighted by Gasteiger charge is -2.34.